The van der Waals surface area contributed by atoms with Gasteiger partial charge in [0.05, 0.1) is 0 Å². The third kappa shape index (κ3) is 1.67. The Balaban J connectivity index is 3.16. The Morgan fingerprint density at radius 3 is 2.73 bits per heavy atom. The van der Waals surface area contributed by atoms with Gasteiger partial charge in [0.2, 0.25) is 0 Å². The number of rotatable bonds is 2. The smallest absolute Gasteiger partial charge is 0.160 e. The number of hydrogen-bond acceptors (Lipinski definition) is 2. The predicted molar refractivity (Wildman–Crippen MR) is 51.8 cm³/mol. The topological polar surface area (TPSA) is 43.1 Å². The van der Waals surface area contributed by atoms with Crippen LogP contribution in [0.15, 0.2) is 11.9 Å². The summed E-state index contributed by atoms with van der Waals surface area (Å²) in [6.45, 7) is 1.52. The average molecular weight is 185 g/mol. The predicted octanol–water partition coefficient (Wildman–Crippen LogP) is 1.55. The number of ketones is 1. The van der Waals surface area contributed by atoms with Crippen molar-refractivity contribution in [1.29, 1.82) is 0 Å². The van der Waals surface area contributed by atoms with Gasteiger partial charge in [-0.2, -0.15) is 0 Å². The summed E-state index contributed by atoms with van der Waals surface area (Å²) in [5.41, 5.74) is 6.09. The molecule has 0 radical (unpaired) electrons. The van der Waals surface area contributed by atoms with Crippen molar-refractivity contribution in [1.82, 2.24) is 0 Å². The normalized spacial score (nSPS) is 10.3. The maximum atomic E-state index is 10.9. The van der Waals surface area contributed by atoms with Crippen molar-refractivity contribution in [2.24, 2.45) is 5.73 Å². The summed E-state index contributed by atoms with van der Waals surface area (Å²) < 4.78 is 0. The molecular weight excluding hydrogens is 177 g/mol. The molecule has 1 heterocycles. The number of Topliss-reactive ketones (excluding diaryl/α,β-unsaturated/α-hetero) is 1. The molecule has 4 heteroatoms. The molecule has 0 aliphatic rings. The molecule has 2 N–H and O–H groups in total. The van der Waals surface area contributed by atoms with E-state index in [2.05, 4.69) is 0 Å². The highest BCUT2D eigenvalue weighted by atomic mass is 32.1. The molecule has 58 valence electrons. The first-order valence-corrected chi connectivity index (χ1v) is 4.59. The molecule has 0 spiro atoms. The summed E-state index contributed by atoms with van der Waals surface area (Å²) in [4.78, 5) is 11.3. The van der Waals surface area contributed by atoms with Gasteiger partial charge in [-0.15, -0.1) is 8.19 Å². The first-order valence-electron chi connectivity index (χ1n) is 3.11. The molecule has 1 rings (SSSR count). The van der Waals surface area contributed by atoms with Crippen LogP contribution in [0, 0.1) is 0 Å². The van der Waals surface area contributed by atoms with Gasteiger partial charge < -0.3 is 5.73 Å². The monoisotopic (exact) mass is 185 g/mol. The van der Waals surface area contributed by atoms with Gasteiger partial charge in [0.1, 0.15) is 4.99 Å². The van der Waals surface area contributed by atoms with Crippen molar-refractivity contribution >= 4 is 31.2 Å². The molecule has 0 saturated carbocycles. The van der Waals surface area contributed by atoms with E-state index in [4.69, 9.17) is 18.0 Å². The molecule has 1 atom stereocenters. The second kappa shape index (κ2) is 3.16. The fraction of sp³-hybridized carbons (Fsp3) is 0.143. The quantitative estimate of drug-likeness (QED) is 0.561. The van der Waals surface area contributed by atoms with Crippen molar-refractivity contribution in [3.63, 3.8) is 0 Å². The Morgan fingerprint density at radius 1 is 1.73 bits per heavy atom. The maximum Gasteiger partial charge on any atom is 0.160 e. The minimum absolute atomic E-state index is 0.0362. The highest BCUT2D eigenvalue weighted by Gasteiger charge is 2.08. The molecule has 1 aromatic heterocycles. The third-order valence-corrected chi connectivity index (χ3v) is 2.92. The van der Waals surface area contributed by atoms with E-state index in [0.29, 0.717) is 18.7 Å². The Labute approximate surface area is 71.9 Å². The summed E-state index contributed by atoms with van der Waals surface area (Å²) in [7, 11) is 0.465. The van der Waals surface area contributed by atoms with E-state index < -0.39 is 0 Å². The highest BCUT2D eigenvalue weighted by Crippen LogP contribution is 2.21. The van der Waals surface area contributed by atoms with Crippen LogP contribution < -0.4 is 5.73 Å². The van der Waals surface area contributed by atoms with Crippen LogP contribution in [0.4, 0.5) is 0 Å². The van der Waals surface area contributed by atoms with Crippen LogP contribution in [0.3, 0.4) is 0 Å². The van der Waals surface area contributed by atoms with Gasteiger partial charge in [0.25, 0.3) is 0 Å². The Morgan fingerprint density at radius 2 is 2.36 bits per heavy atom. The van der Waals surface area contributed by atoms with E-state index in [-0.39, 0.29) is 5.78 Å². The van der Waals surface area contributed by atoms with Gasteiger partial charge in [-0.3, -0.25) is 4.79 Å². The van der Waals surface area contributed by atoms with Crippen molar-refractivity contribution in [3.05, 3.63) is 22.7 Å². The fourth-order valence-electron chi connectivity index (χ4n) is 0.867. The lowest BCUT2D eigenvalue weighted by Gasteiger charge is -1.95. The van der Waals surface area contributed by atoms with E-state index in [1.54, 1.807) is 6.07 Å². The summed E-state index contributed by atoms with van der Waals surface area (Å²) in [5.74, 6) is 1.96. The second-order valence-corrected chi connectivity index (χ2v) is 3.75. The molecule has 0 amide bonds. The van der Waals surface area contributed by atoms with Crippen molar-refractivity contribution in [3.8, 4) is 0 Å². The maximum absolute atomic E-state index is 10.9. The summed E-state index contributed by atoms with van der Waals surface area (Å²) in [6, 6.07) is 1.79. The second-order valence-electron chi connectivity index (χ2n) is 2.19. The third-order valence-electron chi connectivity index (χ3n) is 1.37. The minimum Gasteiger partial charge on any atom is -0.389 e. The lowest BCUT2D eigenvalue weighted by molar-refractivity contribution is 0.101. The Bertz CT molecular complexity index is 277. The zero-order chi connectivity index (χ0) is 8.43. The zero-order valence-corrected chi connectivity index (χ0v) is 7.87. The first kappa shape index (κ1) is 8.44. The van der Waals surface area contributed by atoms with Crippen LogP contribution in [0.2, 0.25) is 0 Å². The highest BCUT2D eigenvalue weighted by molar-refractivity contribution is 7.81. The van der Waals surface area contributed by atoms with Crippen molar-refractivity contribution < 1.29 is 4.79 Å². The molecule has 0 saturated heterocycles. The van der Waals surface area contributed by atoms with E-state index >= 15 is 0 Å². The summed E-state index contributed by atoms with van der Waals surface area (Å²) in [5, 5.41) is 0.826. The minimum atomic E-state index is 0.0362. The van der Waals surface area contributed by atoms with Gasteiger partial charge >= 0.3 is 0 Å². The standard InChI is InChI=1S/C7H8NOPS/c1-4(9)5-2-3-10-6(5)7(8)11/h2-3,10H,1H3,(H2,8,11). The van der Waals surface area contributed by atoms with E-state index in [0.717, 1.165) is 5.30 Å². The number of carbonyl (C=O) groups is 1. The molecule has 0 aromatic carbocycles. The van der Waals surface area contributed by atoms with Crippen LogP contribution in [-0.2, 0) is 0 Å². The molecule has 2 nitrogen and oxygen atoms in total. The summed E-state index contributed by atoms with van der Waals surface area (Å²) in [6.07, 6.45) is 0. The molecule has 1 aromatic rings. The molecule has 1 unspecified atom stereocenters. The van der Waals surface area contributed by atoms with Gasteiger partial charge in [-0.25, -0.2) is 0 Å². The largest absolute Gasteiger partial charge is 0.389 e. The number of hydrogen-bond donors (Lipinski definition) is 1. The molecule has 0 bridgehead atoms. The fourth-order valence-corrected chi connectivity index (χ4v) is 2.13. The van der Waals surface area contributed by atoms with Crippen LogP contribution in [-0.4, -0.2) is 10.8 Å². The summed E-state index contributed by atoms with van der Waals surface area (Å²) >= 11 is 4.79. The van der Waals surface area contributed by atoms with Crippen LogP contribution in [0.25, 0.3) is 0 Å². The van der Waals surface area contributed by atoms with Crippen molar-refractivity contribution in [2.45, 2.75) is 6.92 Å². The van der Waals surface area contributed by atoms with Gasteiger partial charge in [-0.1, -0.05) is 12.2 Å². The Hall–Kier alpha value is -0.660. The molecular formula is C7H8NOPS. The van der Waals surface area contributed by atoms with Crippen LogP contribution in [0.5, 0.6) is 0 Å². The van der Waals surface area contributed by atoms with E-state index in [1.807, 2.05) is 5.80 Å². The number of thiocarbonyl (C=S) groups is 1. The number of carbonyl (C=O) groups excluding carboxylic acids is 1. The lowest BCUT2D eigenvalue weighted by Crippen LogP contribution is -2.10. The van der Waals surface area contributed by atoms with E-state index in [1.165, 1.54) is 6.92 Å². The lowest BCUT2D eigenvalue weighted by atomic mass is 10.2. The molecule has 0 aliphatic carbocycles. The first-order chi connectivity index (χ1) is 5.13. The zero-order valence-electron chi connectivity index (χ0n) is 6.05. The van der Waals surface area contributed by atoms with Gasteiger partial charge in [0.15, 0.2) is 5.78 Å². The average Bonchev–Trinajstić information content (AvgIpc) is 2.32. The SMILES string of the molecule is CC(=O)c1cc[pH]c1C(N)=S. The molecule has 11 heavy (non-hydrogen) atoms. The molecule has 0 aliphatic heterocycles. The Kier molecular flexibility index (Phi) is 2.42. The van der Waals surface area contributed by atoms with Crippen LogP contribution in [0.1, 0.15) is 22.6 Å². The van der Waals surface area contributed by atoms with Crippen LogP contribution >= 0.6 is 20.4 Å². The molecule has 0 fully saturated rings. The van der Waals surface area contributed by atoms with Gasteiger partial charge in [0, 0.05) is 10.9 Å². The van der Waals surface area contributed by atoms with E-state index in [9.17, 15) is 4.79 Å². The van der Waals surface area contributed by atoms with Crippen molar-refractivity contribution in [2.75, 3.05) is 0 Å². The number of nitrogens with two attached hydrogens (primary N) is 1. The van der Waals surface area contributed by atoms with Gasteiger partial charge in [-0.05, 0) is 18.8 Å².